The van der Waals surface area contributed by atoms with E-state index in [1.807, 2.05) is 78.0 Å². The van der Waals surface area contributed by atoms with Crippen LogP contribution in [0.3, 0.4) is 0 Å². The van der Waals surface area contributed by atoms with Gasteiger partial charge in [-0.25, -0.2) is 9.97 Å². The van der Waals surface area contributed by atoms with Crippen LogP contribution in [0.4, 0.5) is 11.6 Å². The second kappa shape index (κ2) is 20.5. The first-order valence-electron chi connectivity index (χ1n) is 20.6. The molecular weight excluding hydrogens is 819 g/mol. The number of hydrogen-bond donors (Lipinski definition) is 0. The molecule has 324 valence electrons. The predicted molar refractivity (Wildman–Crippen MR) is 235 cm³/mol. The zero-order valence-electron chi connectivity index (χ0n) is 35.7. The summed E-state index contributed by atoms with van der Waals surface area (Å²) in [5.74, 6) is 1.55. The van der Waals surface area contributed by atoms with Crippen molar-refractivity contribution in [3.05, 3.63) is 105 Å². The van der Waals surface area contributed by atoms with Crippen LogP contribution in [0.15, 0.2) is 61.2 Å². The average Bonchev–Trinajstić information content (AvgIpc) is 3.74. The number of hydrogen-bond acceptors (Lipinski definition) is 11. The molecule has 8 rings (SSSR count). The molecular formula is C46H54Cl2N6O7. The highest BCUT2D eigenvalue weighted by atomic mass is 35.5. The largest absolute Gasteiger partial charge is 0.353 e. The van der Waals surface area contributed by atoms with Crippen LogP contribution in [0.2, 0.25) is 10.0 Å². The minimum Gasteiger partial charge on any atom is -0.353 e. The van der Waals surface area contributed by atoms with Crippen LogP contribution >= 0.6 is 23.2 Å². The smallest absolute Gasteiger partial charge is 0.260 e. The van der Waals surface area contributed by atoms with E-state index < -0.39 is 5.54 Å². The molecule has 0 N–H and O–H groups in total. The monoisotopic (exact) mass is 872 g/mol. The number of ether oxygens (including phenoxy) is 4. The molecule has 0 spiro atoms. The number of carbonyl (C=O) groups excluding carboxylic acids is 3. The first kappa shape index (κ1) is 45.9. The van der Waals surface area contributed by atoms with Gasteiger partial charge in [-0.15, -0.1) is 0 Å². The Hall–Kier alpha value is -4.63. The van der Waals surface area contributed by atoms with Gasteiger partial charge in [0.05, 0.1) is 40.9 Å². The van der Waals surface area contributed by atoms with Crippen molar-refractivity contribution in [2.24, 2.45) is 0 Å². The molecule has 4 aliphatic heterocycles. The van der Waals surface area contributed by atoms with Crippen molar-refractivity contribution in [1.29, 1.82) is 0 Å². The highest BCUT2D eigenvalue weighted by molar-refractivity contribution is 6.36. The molecule has 61 heavy (non-hydrogen) atoms. The Balaban J connectivity index is 0.000000169. The van der Waals surface area contributed by atoms with Gasteiger partial charge in [0.1, 0.15) is 17.3 Å². The first-order chi connectivity index (χ1) is 29.1. The van der Waals surface area contributed by atoms with Gasteiger partial charge in [-0.3, -0.25) is 34.2 Å². The fraction of sp³-hybridized carbons (Fsp3) is 0.457. The molecule has 13 nitrogen and oxygen atoms in total. The second-order valence-electron chi connectivity index (χ2n) is 17.0. The summed E-state index contributed by atoms with van der Waals surface area (Å²) in [6.45, 7) is 14.1. The second-order valence-corrected chi connectivity index (χ2v) is 17.9. The summed E-state index contributed by atoms with van der Waals surface area (Å²) < 4.78 is 22.6. The molecule has 0 bridgehead atoms. The fourth-order valence-corrected chi connectivity index (χ4v) is 7.70. The zero-order chi connectivity index (χ0) is 43.7. The molecule has 2 saturated heterocycles. The van der Waals surface area contributed by atoms with Gasteiger partial charge >= 0.3 is 0 Å². The quantitative estimate of drug-likeness (QED) is 0.123. The molecule has 8 heterocycles. The van der Waals surface area contributed by atoms with Crippen LogP contribution < -0.4 is 9.80 Å². The van der Waals surface area contributed by atoms with Crippen LogP contribution in [-0.4, -0.2) is 74.9 Å². The van der Waals surface area contributed by atoms with Crippen LogP contribution in [0, 0.1) is 0 Å². The summed E-state index contributed by atoms with van der Waals surface area (Å²) in [5, 5.41) is 1.02. The van der Waals surface area contributed by atoms with Gasteiger partial charge in [0.25, 0.3) is 5.91 Å². The third-order valence-corrected chi connectivity index (χ3v) is 10.6. The number of aromatic nitrogens is 4. The van der Waals surface area contributed by atoms with Gasteiger partial charge in [-0.05, 0) is 116 Å². The minimum absolute atomic E-state index is 0.0876. The van der Waals surface area contributed by atoms with Crippen molar-refractivity contribution in [3.8, 4) is 0 Å². The lowest BCUT2D eigenvalue weighted by Gasteiger charge is -2.31. The molecule has 2 fully saturated rings. The number of aldehydes is 1. The molecule has 2 unspecified atom stereocenters. The number of pyridine rings is 4. The van der Waals surface area contributed by atoms with Gasteiger partial charge in [0.15, 0.2) is 18.9 Å². The van der Waals surface area contributed by atoms with E-state index in [1.165, 1.54) is 6.20 Å². The van der Waals surface area contributed by atoms with Gasteiger partial charge in [-0.2, -0.15) is 0 Å². The van der Waals surface area contributed by atoms with Crippen molar-refractivity contribution in [2.75, 3.05) is 23.0 Å². The van der Waals surface area contributed by atoms with E-state index in [0.29, 0.717) is 64.3 Å². The number of nitrogens with zero attached hydrogens (tertiary/aromatic N) is 6. The molecule has 2 atom stereocenters. The number of anilines is 2. The Kier molecular flexibility index (Phi) is 15.4. The molecule has 4 aliphatic rings. The summed E-state index contributed by atoms with van der Waals surface area (Å²) in [6.07, 6.45) is 15.2. The molecule has 4 aromatic heterocycles. The summed E-state index contributed by atoms with van der Waals surface area (Å²) in [4.78, 5) is 56.5. The van der Waals surface area contributed by atoms with E-state index in [-0.39, 0.29) is 29.9 Å². The Bertz CT molecular complexity index is 2210. The highest BCUT2D eigenvalue weighted by Crippen LogP contribution is 2.40. The maximum Gasteiger partial charge on any atom is 0.260 e. The summed E-state index contributed by atoms with van der Waals surface area (Å²) >= 11 is 12.0. The lowest BCUT2D eigenvalue weighted by atomic mass is 10.1. The third kappa shape index (κ3) is 11.8. The number of carbonyl (C=O) groups is 3. The summed E-state index contributed by atoms with van der Waals surface area (Å²) in [6, 6.07) is 11.1. The van der Waals surface area contributed by atoms with E-state index >= 15 is 0 Å². The van der Waals surface area contributed by atoms with Crippen molar-refractivity contribution in [2.45, 2.75) is 123 Å². The van der Waals surface area contributed by atoms with Crippen LogP contribution in [-0.2, 0) is 48.2 Å². The number of fused-ring (bicyclic) bond motifs is 2. The Morgan fingerprint density at radius 1 is 0.738 bits per heavy atom. The molecule has 15 heteroatoms. The maximum absolute atomic E-state index is 13.3. The number of amides is 2. The van der Waals surface area contributed by atoms with Crippen LogP contribution in [0.25, 0.3) is 11.6 Å². The summed E-state index contributed by atoms with van der Waals surface area (Å²) in [7, 11) is 0. The standard InChI is InChI=1S/C23H26ClN3O3.C12H14ClNO3.C11H14N2O/c1-23(2,3)27-21-17(7-6-9-25-21)18(22(27)28)12-19-15(11-16(24)13-26-19)14-30-20-8-4-5-10-29-20;13-10-5-9(11(7-15)14-6-10)8-17-12-3-1-2-4-16-12;1-11(2,3)13-9(14)7-8-5-4-6-12-10(8)13/h6-7,9,11-13,20H,4-5,8,10,14H2,1-3H3;5-7,12H,1-4,8H2;4-6H,7H2,1-3H3/b18-12+;;. The van der Waals surface area contributed by atoms with Gasteiger partial charge in [-0.1, -0.05) is 29.3 Å². The normalized spacial score (nSPS) is 19.4. The van der Waals surface area contributed by atoms with Crippen molar-refractivity contribution < 1.29 is 33.3 Å². The third-order valence-electron chi connectivity index (χ3n) is 10.2. The lowest BCUT2D eigenvalue weighted by Crippen LogP contribution is -2.43. The van der Waals surface area contributed by atoms with Crippen molar-refractivity contribution in [1.82, 2.24) is 19.9 Å². The molecule has 4 aromatic rings. The van der Waals surface area contributed by atoms with E-state index in [2.05, 4.69) is 19.9 Å². The van der Waals surface area contributed by atoms with Gasteiger partial charge in [0, 0.05) is 71.3 Å². The Morgan fingerprint density at radius 2 is 1.28 bits per heavy atom. The van der Waals surface area contributed by atoms with Crippen LogP contribution in [0.1, 0.15) is 119 Å². The van der Waals surface area contributed by atoms with Crippen LogP contribution in [0.5, 0.6) is 0 Å². The topological polar surface area (TPSA) is 146 Å². The highest BCUT2D eigenvalue weighted by Gasteiger charge is 2.40. The number of rotatable bonds is 8. The van der Waals surface area contributed by atoms with E-state index in [9.17, 15) is 14.4 Å². The minimum atomic E-state index is -0.395. The maximum atomic E-state index is 13.3. The van der Waals surface area contributed by atoms with Crippen molar-refractivity contribution >= 4 is 64.6 Å². The molecule has 0 aliphatic carbocycles. The van der Waals surface area contributed by atoms with E-state index in [4.69, 9.17) is 42.1 Å². The molecule has 0 saturated carbocycles. The Morgan fingerprint density at radius 3 is 1.82 bits per heavy atom. The van der Waals surface area contributed by atoms with E-state index in [0.717, 1.165) is 74.2 Å². The molecule has 2 amide bonds. The Labute approximate surface area is 367 Å². The molecule has 0 radical (unpaired) electrons. The zero-order valence-corrected chi connectivity index (χ0v) is 37.2. The predicted octanol–water partition coefficient (Wildman–Crippen LogP) is 9.22. The molecule has 0 aromatic carbocycles. The lowest BCUT2D eigenvalue weighted by molar-refractivity contribution is -0.169. The average molecular weight is 874 g/mol. The summed E-state index contributed by atoms with van der Waals surface area (Å²) in [5.41, 5.74) is 4.36. The SMILES string of the molecule is CC(C)(C)N1C(=O)/C(=C/c2ncc(Cl)cc2COC2CCCCO2)c2cccnc21.CC(C)(C)N1C(=O)Cc2cccnc21.O=Cc1ncc(Cl)cc1COC1CCCCO1. The first-order valence-corrected chi connectivity index (χ1v) is 21.4. The van der Waals surface area contributed by atoms with Gasteiger partial charge < -0.3 is 18.9 Å². The van der Waals surface area contributed by atoms with Crippen molar-refractivity contribution in [3.63, 3.8) is 0 Å². The van der Waals surface area contributed by atoms with E-state index in [1.54, 1.807) is 34.5 Å². The number of halogens is 2. The van der Waals surface area contributed by atoms with Gasteiger partial charge in [0.2, 0.25) is 5.91 Å². The fourth-order valence-electron chi connectivity index (χ4n) is 7.34.